The maximum atomic E-state index is 13.9. The summed E-state index contributed by atoms with van der Waals surface area (Å²) >= 11 is 0. The summed E-state index contributed by atoms with van der Waals surface area (Å²) in [6.45, 7) is 1.29. The topological polar surface area (TPSA) is 57.7 Å². The number of rotatable bonds is 4. The molecule has 142 valence electrons. The third-order valence-electron chi connectivity index (χ3n) is 5.34. The number of sulfonamides is 1. The Labute approximate surface area is 158 Å². The van der Waals surface area contributed by atoms with Crippen molar-refractivity contribution in [3.63, 3.8) is 0 Å². The number of carbonyl (C=O) groups excluding carboxylic acids is 1. The van der Waals surface area contributed by atoms with E-state index in [9.17, 15) is 17.6 Å². The van der Waals surface area contributed by atoms with Gasteiger partial charge in [0.2, 0.25) is 15.9 Å². The monoisotopic (exact) mass is 388 g/mol. The first-order valence-corrected chi connectivity index (χ1v) is 10.5. The van der Waals surface area contributed by atoms with Crippen molar-refractivity contribution in [3.05, 3.63) is 66.0 Å². The van der Waals surface area contributed by atoms with Crippen molar-refractivity contribution in [1.82, 2.24) is 9.21 Å². The van der Waals surface area contributed by atoms with Crippen LogP contribution >= 0.6 is 0 Å². The lowest BCUT2D eigenvalue weighted by atomic mass is 10.1. The van der Waals surface area contributed by atoms with E-state index in [0.717, 1.165) is 0 Å². The fraction of sp³-hybridized carbons (Fsp3) is 0.350. The molecule has 1 saturated heterocycles. The van der Waals surface area contributed by atoms with Crippen molar-refractivity contribution in [2.75, 3.05) is 26.2 Å². The van der Waals surface area contributed by atoms with Crippen LogP contribution in [-0.2, 0) is 14.8 Å². The summed E-state index contributed by atoms with van der Waals surface area (Å²) < 4.78 is 40.7. The summed E-state index contributed by atoms with van der Waals surface area (Å²) in [5.41, 5.74) is 0.598. The summed E-state index contributed by atoms with van der Waals surface area (Å²) in [7, 11) is -3.53. The van der Waals surface area contributed by atoms with E-state index < -0.39 is 10.0 Å². The highest BCUT2D eigenvalue weighted by atomic mass is 32.2. The Hall–Kier alpha value is -2.25. The number of hydrogen-bond acceptors (Lipinski definition) is 3. The van der Waals surface area contributed by atoms with Crippen LogP contribution in [0, 0.1) is 11.7 Å². The van der Waals surface area contributed by atoms with E-state index >= 15 is 0 Å². The number of carbonyl (C=O) groups is 1. The molecule has 1 aliphatic heterocycles. The molecule has 0 aromatic heterocycles. The zero-order valence-electron chi connectivity index (χ0n) is 14.8. The molecule has 0 N–H and O–H groups in total. The molecule has 27 heavy (non-hydrogen) atoms. The first-order valence-electron chi connectivity index (χ1n) is 9.07. The largest absolute Gasteiger partial charge is 0.340 e. The van der Waals surface area contributed by atoms with Crippen molar-refractivity contribution in [1.29, 1.82) is 0 Å². The maximum absolute atomic E-state index is 13.9. The quantitative estimate of drug-likeness (QED) is 0.809. The molecule has 2 fully saturated rings. The van der Waals surface area contributed by atoms with Crippen LogP contribution in [0.3, 0.4) is 0 Å². The molecule has 5 nitrogen and oxygen atoms in total. The number of halogens is 1. The highest BCUT2D eigenvalue weighted by Crippen LogP contribution is 2.49. The van der Waals surface area contributed by atoms with Gasteiger partial charge in [-0.2, -0.15) is 4.31 Å². The molecule has 4 rings (SSSR count). The Bertz CT molecular complexity index is 941. The minimum absolute atomic E-state index is 0.0000112. The molecule has 0 bridgehead atoms. The number of hydrogen-bond donors (Lipinski definition) is 0. The third-order valence-corrected chi connectivity index (χ3v) is 7.26. The molecule has 0 spiro atoms. The standard InChI is InChI=1S/C20H21FN2O3S/c21-19-9-5-4-8-16(19)17-14-18(17)20(24)22-10-12-23(13-11-22)27(25,26)15-6-2-1-3-7-15/h1-9,17-18H,10-14H2. The van der Waals surface area contributed by atoms with Crippen LogP contribution in [0.4, 0.5) is 4.39 Å². The van der Waals surface area contributed by atoms with Crippen molar-refractivity contribution in [2.24, 2.45) is 5.92 Å². The van der Waals surface area contributed by atoms with Gasteiger partial charge in [-0.1, -0.05) is 36.4 Å². The van der Waals surface area contributed by atoms with E-state index in [2.05, 4.69) is 0 Å². The average molecular weight is 388 g/mol. The van der Waals surface area contributed by atoms with Gasteiger partial charge < -0.3 is 4.90 Å². The Balaban J connectivity index is 1.37. The van der Waals surface area contributed by atoms with Crippen LogP contribution in [0.5, 0.6) is 0 Å². The predicted molar refractivity (Wildman–Crippen MR) is 99.0 cm³/mol. The van der Waals surface area contributed by atoms with E-state index in [4.69, 9.17) is 0 Å². The SMILES string of the molecule is O=C(C1CC1c1ccccc1F)N1CCN(S(=O)(=O)c2ccccc2)CC1. The summed E-state index contributed by atoms with van der Waals surface area (Å²) in [6, 6.07) is 14.9. The fourth-order valence-electron chi connectivity index (χ4n) is 3.71. The van der Waals surface area contributed by atoms with Crippen molar-refractivity contribution < 1.29 is 17.6 Å². The van der Waals surface area contributed by atoms with E-state index in [0.29, 0.717) is 25.1 Å². The zero-order valence-corrected chi connectivity index (χ0v) is 15.6. The molecule has 2 aromatic rings. The van der Waals surface area contributed by atoms with Gasteiger partial charge in [-0.05, 0) is 36.1 Å². The van der Waals surface area contributed by atoms with Gasteiger partial charge in [0.05, 0.1) is 4.90 Å². The molecule has 1 heterocycles. The van der Waals surface area contributed by atoms with Crippen LogP contribution in [-0.4, -0.2) is 49.7 Å². The molecule has 2 aromatic carbocycles. The molecule has 1 amide bonds. The average Bonchev–Trinajstić information content (AvgIpc) is 3.49. The first-order chi connectivity index (χ1) is 13.0. The normalized spacial score (nSPS) is 23.2. The lowest BCUT2D eigenvalue weighted by molar-refractivity contribution is -0.133. The molecule has 2 atom stereocenters. The first kappa shape index (κ1) is 18.1. The summed E-state index contributed by atoms with van der Waals surface area (Å²) in [4.78, 5) is 14.7. The van der Waals surface area contributed by atoms with Crippen LogP contribution in [0.25, 0.3) is 0 Å². The second-order valence-corrected chi connectivity index (χ2v) is 8.95. The molecule has 0 radical (unpaired) electrons. The highest BCUT2D eigenvalue weighted by molar-refractivity contribution is 7.89. The van der Waals surface area contributed by atoms with E-state index in [-0.39, 0.29) is 41.5 Å². The molecule has 2 aliphatic rings. The lowest BCUT2D eigenvalue weighted by Crippen LogP contribution is -2.51. The summed E-state index contributed by atoms with van der Waals surface area (Å²) in [5.74, 6) is -0.527. The highest BCUT2D eigenvalue weighted by Gasteiger charge is 2.47. The molecule has 2 unspecified atom stereocenters. The van der Waals surface area contributed by atoms with E-state index in [1.165, 1.54) is 10.4 Å². The van der Waals surface area contributed by atoms with Crippen LogP contribution in [0.1, 0.15) is 17.9 Å². The Morgan fingerprint density at radius 3 is 2.22 bits per heavy atom. The Kier molecular flexibility index (Phi) is 4.74. The van der Waals surface area contributed by atoms with Gasteiger partial charge in [-0.3, -0.25) is 4.79 Å². The molecule has 1 aliphatic carbocycles. The lowest BCUT2D eigenvalue weighted by Gasteiger charge is -2.34. The zero-order chi connectivity index (χ0) is 19.0. The molecular weight excluding hydrogens is 367 g/mol. The summed E-state index contributed by atoms with van der Waals surface area (Å²) in [5, 5.41) is 0. The number of piperazine rings is 1. The van der Waals surface area contributed by atoms with Crippen molar-refractivity contribution in [2.45, 2.75) is 17.2 Å². The van der Waals surface area contributed by atoms with Crippen LogP contribution < -0.4 is 0 Å². The van der Waals surface area contributed by atoms with Crippen LogP contribution in [0.2, 0.25) is 0 Å². The Morgan fingerprint density at radius 1 is 0.926 bits per heavy atom. The number of amides is 1. The molecule has 7 heteroatoms. The van der Waals surface area contributed by atoms with E-state index in [1.54, 1.807) is 53.4 Å². The van der Waals surface area contributed by atoms with Gasteiger partial charge >= 0.3 is 0 Å². The van der Waals surface area contributed by atoms with Gasteiger partial charge in [-0.15, -0.1) is 0 Å². The van der Waals surface area contributed by atoms with Crippen molar-refractivity contribution in [3.8, 4) is 0 Å². The van der Waals surface area contributed by atoms with Gasteiger partial charge in [0.15, 0.2) is 0 Å². The van der Waals surface area contributed by atoms with Gasteiger partial charge in [0.1, 0.15) is 5.82 Å². The van der Waals surface area contributed by atoms with Gasteiger partial charge in [-0.25, -0.2) is 12.8 Å². The van der Waals surface area contributed by atoms with E-state index in [1.807, 2.05) is 0 Å². The smallest absolute Gasteiger partial charge is 0.243 e. The van der Waals surface area contributed by atoms with Crippen molar-refractivity contribution >= 4 is 15.9 Å². The minimum atomic E-state index is -3.53. The van der Waals surface area contributed by atoms with Gasteiger partial charge in [0, 0.05) is 32.1 Å². The number of benzene rings is 2. The maximum Gasteiger partial charge on any atom is 0.243 e. The van der Waals surface area contributed by atoms with Crippen LogP contribution in [0.15, 0.2) is 59.5 Å². The number of nitrogens with zero attached hydrogens (tertiary/aromatic N) is 2. The molecule has 1 saturated carbocycles. The Morgan fingerprint density at radius 2 is 1.56 bits per heavy atom. The molecular formula is C20H21FN2O3S. The second-order valence-electron chi connectivity index (χ2n) is 7.01. The minimum Gasteiger partial charge on any atom is -0.340 e. The third kappa shape index (κ3) is 3.49. The second kappa shape index (κ2) is 7.05. The summed E-state index contributed by atoms with van der Waals surface area (Å²) in [6.07, 6.45) is 0.655. The van der Waals surface area contributed by atoms with Gasteiger partial charge in [0.25, 0.3) is 0 Å². The predicted octanol–water partition coefficient (Wildman–Crippen LogP) is 2.46. The fourth-order valence-corrected chi connectivity index (χ4v) is 5.16.